The van der Waals surface area contributed by atoms with Gasteiger partial charge in [0.1, 0.15) is 6.10 Å². The third-order valence-electron chi connectivity index (χ3n) is 6.68. The monoisotopic (exact) mass is 444 g/mol. The Morgan fingerprint density at radius 1 is 1.32 bits per heavy atom. The number of aliphatic carboxylic acids is 1. The van der Waals surface area contributed by atoms with Crippen molar-refractivity contribution < 1.29 is 59.2 Å². The molecule has 0 aromatic heterocycles. The third-order valence-corrected chi connectivity index (χ3v) is 6.68. The summed E-state index contributed by atoms with van der Waals surface area (Å²) in [5, 5.41) is 31.5. The van der Waals surface area contributed by atoms with Gasteiger partial charge in [-0.15, -0.1) is 0 Å². The molecule has 31 heavy (non-hydrogen) atoms. The van der Waals surface area contributed by atoms with E-state index in [2.05, 4.69) is 13.0 Å². The molecule has 170 valence electrons. The predicted molar refractivity (Wildman–Crippen MR) is 112 cm³/mol. The molecule has 2 aliphatic carbocycles. The van der Waals surface area contributed by atoms with E-state index in [4.69, 9.17) is 4.74 Å². The van der Waals surface area contributed by atoms with E-state index < -0.39 is 18.2 Å². The number of aliphatic hydroxyl groups excluding tert-OH is 2. The maximum absolute atomic E-state index is 12.5. The summed E-state index contributed by atoms with van der Waals surface area (Å²) in [6.07, 6.45) is 7.14. The van der Waals surface area contributed by atoms with E-state index in [1.54, 1.807) is 6.92 Å². The van der Waals surface area contributed by atoms with Gasteiger partial charge < -0.3 is 24.9 Å². The van der Waals surface area contributed by atoms with Crippen LogP contribution in [0.25, 0.3) is 0 Å². The Hall–Kier alpha value is -0.660. The minimum Gasteiger partial charge on any atom is -0.550 e. The Morgan fingerprint density at radius 3 is 2.61 bits per heavy atom. The molecular weight excluding hydrogens is 407 g/mol. The van der Waals surface area contributed by atoms with Crippen molar-refractivity contribution in [2.45, 2.75) is 84.5 Å². The van der Waals surface area contributed by atoms with Gasteiger partial charge in [-0.1, -0.05) is 45.9 Å². The van der Waals surface area contributed by atoms with Gasteiger partial charge in [0.15, 0.2) is 0 Å². The number of ether oxygens (including phenoxy) is 1. The fraction of sp³-hybridized carbons (Fsp3) is 0.750. The molecule has 0 aromatic carbocycles. The number of hydrogen-bond acceptors (Lipinski definition) is 6. The van der Waals surface area contributed by atoms with Crippen molar-refractivity contribution in [3.8, 4) is 0 Å². The first-order valence-corrected chi connectivity index (χ1v) is 11.3. The van der Waals surface area contributed by atoms with Crippen LogP contribution in [0.15, 0.2) is 23.8 Å². The largest absolute Gasteiger partial charge is 1.00 e. The molecule has 0 radical (unpaired) electrons. The summed E-state index contributed by atoms with van der Waals surface area (Å²) in [5.74, 6) is -1.23. The van der Waals surface area contributed by atoms with E-state index in [1.165, 1.54) is 0 Å². The summed E-state index contributed by atoms with van der Waals surface area (Å²) >= 11 is 0. The molecule has 2 N–H and O–H groups in total. The van der Waals surface area contributed by atoms with Crippen molar-refractivity contribution in [3.63, 3.8) is 0 Å². The van der Waals surface area contributed by atoms with Crippen LogP contribution in [0, 0.1) is 29.6 Å². The van der Waals surface area contributed by atoms with Crippen LogP contribution in [0.5, 0.6) is 0 Å². The van der Waals surface area contributed by atoms with E-state index in [0.29, 0.717) is 25.7 Å². The molecule has 8 atom stereocenters. The van der Waals surface area contributed by atoms with Crippen molar-refractivity contribution in [1.82, 2.24) is 0 Å². The first kappa shape index (κ1) is 28.4. The molecule has 2 aliphatic rings. The number of carbonyl (C=O) groups is 2. The summed E-state index contributed by atoms with van der Waals surface area (Å²) in [5.41, 5.74) is 0.999. The number of carboxylic acid groups (broad SMARTS) is 1. The maximum atomic E-state index is 12.5. The van der Waals surface area contributed by atoms with E-state index in [9.17, 15) is 24.9 Å². The fourth-order valence-corrected chi connectivity index (χ4v) is 4.75. The molecule has 0 aliphatic heterocycles. The summed E-state index contributed by atoms with van der Waals surface area (Å²) in [4.78, 5) is 23.2. The quantitative estimate of drug-likeness (QED) is 0.344. The SMILES string of the molecule is CCC(C)C(=O)OC1CC(O)C=C2C=CC(C)C(CCC(O)CC(C)CC(=O)[O-])C21.[Na+]. The van der Waals surface area contributed by atoms with Gasteiger partial charge >= 0.3 is 35.5 Å². The van der Waals surface area contributed by atoms with Crippen molar-refractivity contribution in [3.05, 3.63) is 23.8 Å². The van der Waals surface area contributed by atoms with Gasteiger partial charge in [0.05, 0.1) is 18.1 Å². The van der Waals surface area contributed by atoms with Gasteiger partial charge in [0.25, 0.3) is 0 Å². The Kier molecular flexibility index (Phi) is 12.0. The first-order valence-electron chi connectivity index (χ1n) is 11.3. The van der Waals surface area contributed by atoms with Crippen LogP contribution in [0.2, 0.25) is 0 Å². The number of carbonyl (C=O) groups excluding carboxylic acids is 2. The van der Waals surface area contributed by atoms with E-state index >= 15 is 0 Å². The topological polar surface area (TPSA) is 107 Å². The van der Waals surface area contributed by atoms with Crippen molar-refractivity contribution in [1.29, 1.82) is 0 Å². The van der Waals surface area contributed by atoms with Crippen LogP contribution < -0.4 is 34.7 Å². The Morgan fingerprint density at radius 2 is 2.00 bits per heavy atom. The van der Waals surface area contributed by atoms with Gasteiger partial charge in [-0.25, -0.2) is 0 Å². The van der Waals surface area contributed by atoms with E-state index in [0.717, 1.165) is 12.0 Å². The molecule has 0 aromatic rings. The third kappa shape index (κ3) is 8.32. The molecule has 0 heterocycles. The van der Waals surface area contributed by atoms with Crippen LogP contribution in [0.4, 0.5) is 0 Å². The van der Waals surface area contributed by atoms with Crippen LogP contribution in [0.1, 0.15) is 66.2 Å². The van der Waals surface area contributed by atoms with Crippen LogP contribution >= 0.6 is 0 Å². The molecule has 7 heteroatoms. The molecule has 0 spiro atoms. The number of esters is 1. The molecule has 0 saturated carbocycles. The second-order valence-electron chi connectivity index (χ2n) is 9.31. The zero-order valence-corrected chi connectivity index (χ0v) is 21.6. The van der Waals surface area contributed by atoms with Crippen LogP contribution in [-0.2, 0) is 14.3 Å². The zero-order valence-electron chi connectivity index (χ0n) is 19.6. The second-order valence-corrected chi connectivity index (χ2v) is 9.31. The van der Waals surface area contributed by atoms with Crippen molar-refractivity contribution in [2.75, 3.05) is 0 Å². The van der Waals surface area contributed by atoms with Gasteiger partial charge in [0.2, 0.25) is 0 Å². The standard InChI is InChI=1S/C24H38O6.Na/c1-5-15(3)24(29)30-21-13-19(26)12-17-7-6-16(4)20(23(17)21)9-8-18(25)10-14(2)11-22(27)28;/h6-7,12,14-16,18-21,23,25-26H,5,8-11,13H2,1-4H3,(H,27,28);/q;+1/p-1. The van der Waals surface area contributed by atoms with Crippen molar-refractivity contribution in [2.24, 2.45) is 29.6 Å². The van der Waals surface area contributed by atoms with Crippen molar-refractivity contribution >= 4 is 11.9 Å². The van der Waals surface area contributed by atoms with Gasteiger partial charge in [-0.3, -0.25) is 4.79 Å². The summed E-state index contributed by atoms with van der Waals surface area (Å²) in [6.45, 7) is 7.73. The second kappa shape index (κ2) is 13.1. The summed E-state index contributed by atoms with van der Waals surface area (Å²) in [6, 6.07) is 0. The smallest absolute Gasteiger partial charge is 0.550 e. The molecule has 2 rings (SSSR count). The minimum absolute atomic E-state index is 0. The number of hydrogen-bond donors (Lipinski definition) is 2. The summed E-state index contributed by atoms with van der Waals surface area (Å²) in [7, 11) is 0. The summed E-state index contributed by atoms with van der Waals surface area (Å²) < 4.78 is 5.87. The molecular formula is C24H37NaO6. The molecule has 0 bridgehead atoms. The van der Waals surface area contributed by atoms with E-state index in [-0.39, 0.29) is 77.6 Å². The van der Waals surface area contributed by atoms with E-state index in [1.807, 2.05) is 26.0 Å². The average Bonchev–Trinajstić information content (AvgIpc) is 2.65. The molecule has 0 amide bonds. The number of fused-ring (bicyclic) bond motifs is 1. The minimum atomic E-state index is -1.10. The van der Waals surface area contributed by atoms with Gasteiger partial charge in [-0.05, 0) is 55.4 Å². The normalized spacial score (nSPS) is 30.3. The molecule has 8 unspecified atom stereocenters. The van der Waals surface area contributed by atoms with Gasteiger partial charge in [-0.2, -0.15) is 0 Å². The Bertz CT molecular complexity index is 660. The molecule has 0 saturated heterocycles. The number of carboxylic acids is 1. The maximum Gasteiger partial charge on any atom is 1.00 e. The predicted octanol–water partition coefficient (Wildman–Crippen LogP) is -0.615. The molecule has 0 fully saturated rings. The molecule has 6 nitrogen and oxygen atoms in total. The van der Waals surface area contributed by atoms with Gasteiger partial charge in [0, 0.05) is 18.3 Å². The Labute approximate surface area is 208 Å². The van der Waals surface area contributed by atoms with Crippen LogP contribution in [-0.4, -0.2) is 40.5 Å². The first-order chi connectivity index (χ1) is 14.1. The van der Waals surface area contributed by atoms with Crippen LogP contribution in [0.3, 0.4) is 0 Å². The fourth-order valence-electron chi connectivity index (χ4n) is 4.75. The zero-order chi connectivity index (χ0) is 22.4. The number of allylic oxidation sites excluding steroid dienone is 2. The Balaban J connectivity index is 0.00000480. The average molecular weight is 445 g/mol. The number of rotatable bonds is 10. The number of aliphatic hydroxyl groups is 2.